The predicted molar refractivity (Wildman–Crippen MR) is 93.9 cm³/mol. The molecule has 0 heterocycles. The molecule has 0 saturated heterocycles. The highest BCUT2D eigenvalue weighted by atomic mass is 16.3. The van der Waals surface area contributed by atoms with E-state index >= 15 is 0 Å². The van der Waals surface area contributed by atoms with Gasteiger partial charge in [-0.1, -0.05) is 20.8 Å². The molecule has 4 heteroatoms. The lowest BCUT2D eigenvalue weighted by molar-refractivity contribution is -0.460. The summed E-state index contributed by atoms with van der Waals surface area (Å²) in [6, 6.07) is 0. The molecule has 0 amide bonds. The lowest BCUT2D eigenvalue weighted by atomic mass is 9.20. The maximum Gasteiger partial charge on any atom is 0.0819 e. The van der Waals surface area contributed by atoms with E-state index in [0.29, 0.717) is 19.3 Å². The van der Waals surface area contributed by atoms with Crippen LogP contribution >= 0.6 is 0 Å². The molecule has 0 radical (unpaired) electrons. The molecule has 0 aromatic heterocycles. The summed E-state index contributed by atoms with van der Waals surface area (Å²) in [7, 11) is 0. The zero-order valence-electron chi connectivity index (χ0n) is 16.1. The van der Waals surface area contributed by atoms with E-state index in [1.54, 1.807) is 0 Å². The van der Waals surface area contributed by atoms with Crippen LogP contribution in [0.3, 0.4) is 0 Å². The van der Waals surface area contributed by atoms with Crippen LogP contribution in [0.25, 0.3) is 0 Å². The molecule has 11 unspecified atom stereocenters. The maximum absolute atomic E-state index is 12.4. The molecule has 144 valence electrons. The minimum absolute atomic E-state index is 0.0841. The fraction of sp³-hybridized carbons (Fsp3) is 1.00. The first-order chi connectivity index (χ1) is 11.9. The molecular weight excluding hydrogens is 328 g/mol. The first-order valence-corrected chi connectivity index (χ1v) is 10.8. The molecule has 11 atom stereocenters. The largest absolute Gasteiger partial charge is 0.389 e. The number of aliphatic hydroxyl groups is 4. The zero-order chi connectivity index (χ0) is 18.3. The molecule has 10 bridgehead atoms. The summed E-state index contributed by atoms with van der Waals surface area (Å²) < 4.78 is 0. The van der Waals surface area contributed by atoms with E-state index in [2.05, 4.69) is 20.8 Å². The van der Waals surface area contributed by atoms with E-state index in [0.717, 1.165) is 25.7 Å². The van der Waals surface area contributed by atoms with Crippen molar-refractivity contribution in [3.8, 4) is 0 Å². The van der Waals surface area contributed by atoms with Gasteiger partial charge in [-0.05, 0) is 61.2 Å². The lowest BCUT2D eigenvalue weighted by Crippen LogP contribution is -2.92. The zero-order valence-corrected chi connectivity index (χ0v) is 16.1. The van der Waals surface area contributed by atoms with Crippen LogP contribution in [0.4, 0.5) is 0 Å². The fourth-order valence-corrected chi connectivity index (χ4v) is 11.1. The topological polar surface area (TPSA) is 80.9 Å². The molecular formula is C22H32O4. The standard InChI is InChI=1S/C22H32O4/c1-16(2,3)17-6-11-14-15-19(23)5-4-18(14,9-17)22(26)12(7-17)20(11,24)10-21(15,25)13(22)8-19/h11-15,23-26H,4-10H2,1-3H3. The van der Waals surface area contributed by atoms with Gasteiger partial charge in [-0.2, -0.15) is 0 Å². The Bertz CT molecular complexity index is 775. The van der Waals surface area contributed by atoms with Crippen molar-refractivity contribution in [3.63, 3.8) is 0 Å². The fourth-order valence-electron chi connectivity index (χ4n) is 11.1. The van der Waals surface area contributed by atoms with Gasteiger partial charge in [0.1, 0.15) is 0 Å². The van der Waals surface area contributed by atoms with Crippen LogP contribution in [0.2, 0.25) is 0 Å². The maximum atomic E-state index is 12.4. The smallest absolute Gasteiger partial charge is 0.0819 e. The third-order valence-corrected chi connectivity index (χ3v) is 11.8. The highest BCUT2D eigenvalue weighted by Crippen LogP contribution is 2.90. The van der Waals surface area contributed by atoms with Crippen LogP contribution in [0.5, 0.6) is 0 Å². The Labute approximate surface area is 155 Å². The molecule has 9 rings (SSSR count). The molecule has 1 spiro atoms. The predicted octanol–water partition coefficient (Wildman–Crippen LogP) is 1.84. The van der Waals surface area contributed by atoms with E-state index < -0.39 is 22.4 Å². The van der Waals surface area contributed by atoms with Crippen LogP contribution in [-0.2, 0) is 0 Å². The van der Waals surface area contributed by atoms with Gasteiger partial charge < -0.3 is 20.4 Å². The van der Waals surface area contributed by atoms with Gasteiger partial charge in [0.05, 0.1) is 22.4 Å². The van der Waals surface area contributed by atoms with E-state index in [4.69, 9.17) is 0 Å². The summed E-state index contributed by atoms with van der Waals surface area (Å²) in [5.74, 6) is -0.321. The van der Waals surface area contributed by atoms with Gasteiger partial charge in [0.15, 0.2) is 0 Å². The molecule has 26 heavy (non-hydrogen) atoms. The molecule has 9 aliphatic carbocycles. The summed E-state index contributed by atoms with van der Waals surface area (Å²) in [6.07, 6.45) is 5.39. The third-order valence-electron chi connectivity index (χ3n) is 11.8. The van der Waals surface area contributed by atoms with Crippen LogP contribution < -0.4 is 0 Å². The summed E-state index contributed by atoms with van der Waals surface area (Å²) in [5, 5.41) is 47.6. The Morgan fingerprint density at radius 3 is 2.19 bits per heavy atom. The Morgan fingerprint density at radius 2 is 1.50 bits per heavy atom. The SMILES string of the molecule is CC(C)(C)C12CC3C4C5C6(O)CCC4(C1)C1(O)C(C2)C3(O)CC5(O)C1C6. The third kappa shape index (κ3) is 1.07. The second-order valence-corrected chi connectivity index (χ2v) is 12.8. The quantitative estimate of drug-likeness (QED) is 0.531. The summed E-state index contributed by atoms with van der Waals surface area (Å²) in [4.78, 5) is 0. The van der Waals surface area contributed by atoms with Gasteiger partial charge in [-0.15, -0.1) is 0 Å². The molecule has 0 aliphatic heterocycles. The summed E-state index contributed by atoms with van der Waals surface area (Å²) in [6.45, 7) is 7.02. The Hall–Kier alpha value is -0.160. The Morgan fingerprint density at radius 1 is 0.808 bits per heavy atom. The molecule has 0 aromatic rings. The second kappa shape index (κ2) is 3.46. The highest BCUT2D eigenvalue weighted by Gasteiger charge is 2.95. The van der Waals surface area contributed by atoms with E-state index in [9.17, 15) is 20.4 Å². The van der Waals surface area contributed by atoms with E-state index in [-0.39, 0.29) is 45.8 Å². The molecule has 9 aliphatic rings. The van der Waals surface area contributed by atoms with Crippen molar-refractivity contribution in [1.82, 2.24) is 0 Å². The van der Waals surface area contributed by atoms with Gasteiger partial charge in [-0.3, -0.25) is 0 Å². The minimum atomic E-state index is -1.07. The highest BCUT2D eigenvalue weighted by molar-refractivity contribution is 5.44. The average Bonchev–Trinajstić information content (AvgIpc) is 2.66. The Balaban J connectivity index is 1.57. The van der Waals surface area contributed by atoms with Crippen LogP contribution in [0, 0.1) is 45.8 Å². The second-order valence-electron chi connectivity index (χ2n) is 12.8. The van der Waals surface area contributed by atoms with E-state index in [1.807, 2.05) is 0 Å². The van der Waals surface area contributed by atoms with Crippen molar-refractivity contribution in [2.75, 3.05) is 0 Å². The van der Waals surface area contributed by atoms with Gasteiger partial charge >= 0.3 is 0 Å². The molecule has 4 N–H and O–H groups in total. The molecule has 0 aromatic carbocycles. The van der Waals surface area contributed by atoms with Crippen molar-refractivity contribution in [1.29, 1.82) is 0 Å². The van der Waals surface area contributed by atoms with E-state index in [1.165, 1.54) is 0 Å². The lowest BCUT2D eigenvalue weighted by Gasteiger charge is -2.87. The van der Waals surface area contributed by atoms with Gasteiger partial charge in [0.2, 0.25) is 0 Å². The van der Waals surface area contributed by atoms with Crippen molar-refractivity contribution in [3.05, 3.63) is 0 Å². The van der Waals surface area contributed by atoms with Crippen LogP contribution in [0.15, 0.2) is 0 Å². The summed E-state index contributed by atoms with van der Waals surface area (Å²) in [5.41, 5.74) is -3.74. The Kier molecular flexibility index (Phi) is 2.10. The van der Waals surface area contributed by atoms with Crippen molar-refractivity contribution in [2.45, 2.75) is 88.1 Å². The number of hydrogen-bond donors (Lipinski definition) is 4. The van der Waals surface area contributed by atoms with Gasteiger partial charge in [0, 0.05) is 29.6 Å². The van der Waals surface area contributed by atoms with Crippen molar-refractivity contribution >= 4 is 0 Å². The summed E-state index contributed by atoms with van der Waals surface area (Å²) >= 11 is 0. The van der Waals surface area contributed by atoms with Crippen LogP contribution in [0.1, 0.15) is 65.7 Å². The van der Waals surface area contributed by atoms with Crippen molar-refractivity contribution in [2.24, 2.45) is 45.8 Å². The molecule has 9 saturated carbocycles. The first kappa shape index (κ1) is 15.7. The van der Waals surface area contributed by atoms with Gasteiger partial charge in [-0.25, -0.2) is 0 Å². The molecule has 9 fully saturated rings. The number of rotatable bonds is 0. The first-order valence-electron chi connectivity index (χ1n) is 10.8. The van der Waals surface area contributed by atoms with Crippen LogP contribution in [-0.4, -0.2) is 42.8 Å². The normalized spacial score (nSPS) is 74.2. The van der Waals surface area contributed by atoms with Gasteiger partial charge in [0.25, 0.3) is 0 Å². The molecule has 4 nitrogen and oxygen atoms in total. The minimum Gasteiger partial charge on any atom is -0.389 e. The monoisotopic (exact) mass is 360 g/mol. The average molecular weight is 360 g/mol. The number of hydrogen-bond acceptors (Lipinski definition) is 4. The van der Waals surface area contributed by atoms with Crippen molar-refractivity contribution < 1.29 is 20.4 Å².